The molecule has 0 unspecified atom stereocenters. The Labute approximate surface area is 170 Å². The largest absolute Gasteiger partial charge is 0.438 e. The zero-order valence-corrected chi connectivity index (χ0v) is 17.0. The van der Waals surface area contributed by atoms with Gasteiger partial charge in [-0.05, 0) is 50.6 Å². The molecule has 3 rings (SSSR count). The maximum Gasteiger partial charge on any atom is 0.219 e. The van der Waals surface area contributed by atoms with Gasteiger partial charge in [0.05, 0.1) is 17.2 Å². The van der Waals surface area contributed by atoms with Gasteiger partial charge >= 0.3 is 0 Å². The Hall–Kier alpha value is -3.44. The number of nitrogens with two attached hydrogens (primary N) is 1. The second-order valence-electron chi connectivity index (χ2n) is 6.52. The van der Waals surface area contributed by atoms with E-state index in [1.807, 2.05) is 13.1 Å². The number of aromatic nitrogens is 4. The van der Waals surface area contributed by atoms with Gasteiger partial charge in [-0.25, -0.2) is 14.6 Å². The van der Waals surface area contributed by atoms with E-state index < -0.39 is 0 Å². The van der Waals surface area contributed by atoms with Crippen LogP contribution in [0.5, 0.6) is 11.6 Å². The van der Waals surface area contributed by atoms with E-state index in [2.05, 4.69) is 39.9 Å². The van der Waals surface area contributed by atoms with E-state index >= 15 is 0 Å². The summed E-state index contributed by atoms with van der Waals surface area (Å²) in [5, 5.41) is 13.8. The highest BCUT2D eigenvalue weighted by Gasteiger charge is 2.16. The Kier molecular flexibility index (Phi) is 6.42. The van der Waals surface area contributed by atoms with Crippen molar-refractivity contribution in [2.75, 3.05) is 24.5 Å². The number of hydrogen-bond acceptors (Lipinski definition) is 7. The fourth-order valence-electron chi connectivity index (χ4n) is 3.00. The average Bonchev–Trinajstić information content (AvgIpc) is 3.10. The normalized spacial score (nSPS) is 10.6. The summed E-state index contributed by atoms with van der Waals surface area (Å²) in [5.74, 6) is 2.44. The van der Waals surface area contributed by atoms with Crippen LogP contribution < -0.4 is 15.4 Å². The van der Waals surface area contributed by atoms with E-state index in [4.69, 9.17) is 10.5 Å². The van der Waals surface area contributed by atoms with Crippen LogP contribution in [0.3, 0.4) is 0 Å². The maximum absolute atomic E-state index is 9.31. The van der Waals surface area contributed by atoms with Crippen molar-refractivity contribution in [2.45, 2.75) is 20.3 Å². The molecule has 0 aliphatic rings. The summed E-state index contributed by atoms with van der Waals surface area (Å²) < 4.78 is 7.84. The van der Waals surface area contributed by atoms with E-state index in [-0.39, 0.29) is 0 Å². The summed E-state index contributed by atoms with van der Waals surface area (Å²) in [5.41, 5.74) is 7.76. The number of benzene rings is 1. The number of ether oxygens (including phenoxy) is 1. The minimum absolute atomic E-state index is 0.495. The van der Waals surface area contributed by atoms with Gasteiger partial charge in [-0.2, -0.15) is 10.4 Å². The van der Waals surface area contributed by atoms with E-state index in [0.29, 0.717) is 35.1 Å². The minimum atomic E-state index is 0.495. The summed E-state index contributed by atoms with van der Waals surface area (Å²) in [6.07, 6.45) is 4.25. The molecule has 0 spiro atoms. The molecule has 0 radical (unpaired) electrons. The molecule has 0 atom stereocenters. The van der Waals surface area contributed by atoms with E-state index in [0.717, 1.165) is 30.9 Å². The number of hydrogen-bond donors (Lipinski definition) is 1. The van der Waals surface area contributed by atoms with Gasteiger partial charge in [0.1, 0.15) is 5.75 Å². The van der Waals surface area contributed by atoms with Crippen LogP contribution in [-0.4, -0.2) is 39.4 Å². The van der Waals surface area contributed by atoms with Gasteiger partial charge in [-0.1, -0.05) is 0 Å². The fourth-order valence-corrected chi connectivity index (χ4v) is 3.00. The Morgan fingerprint density at radius 1 is 1.17 bits per heavy atom. The molecule has 0 saturated carbocycles. The zero-order chi connectivity index (χ0) is 20.8. The van der Waals surface area contributed by atoms with Crippen molar-refractivity contribution >= 4 is 5.82 Å². The van der Waals surface area contributed by atoms with Crippen LogP contribution in [0.15, 0.2) is 36.7 Å². The molecule has 0 fully saturated rings. The van der Waals surface area contributed by atoms with Gasteiger partial charge in [0.2, 0.25) is 5.88 Å². The summed E-state index contributed by atoms with van der Waals surface area (Å²) in [6, 6.07) is 9.25. The van der Waals surface area contributed by atoms with E-state index in [1.165, 1.54) is 0 Å². The molecular formula is C21H25N7O. The molecule has 29 heavy (non-hydrogen) atoms. The van der Waals surface area contributed by atoms with E-state index in [1.54, 1.807) is 35.3 Å². The van der Waals surface area contributed by atoms with Crippen LogP contribution in [0, 0.1) is 11.3 Å². The summed E-state index contributed by atoms with van der Waals surface area (Å²) in [4.78, 5) is 11.0. The van der Waals surface area contributed by atoms with Crippen molar-refractivity contribution in [1.29, 1.82) is 5.26 Å². The Balaban J connectivity index is 1.97. The molecule has 3 aromatic rings. The predicted octanol–water partition coefficient (Wildman–Crippen LogP) is 2.89. The molecule has 0 aliphatic carbocycles. The highest BCUT2D eigenvalue weighted by Crippen LogP contribution is 2.33. The van der Waals surface area contributed by atoms with Gasteiger partial charge < -0.3 is 15.4 Å². The molecule has 0 bridgehead atoms. The van der Waals surface area contributed by atoms with Crippen molar-refractivity contribution in [1.82, 2.24) is 19.7 Å². The first-order chi connectivity index (χ1) is 14.1. The standard InChI is InChI=1S/C21H25N7O/c1-4-28(5-2)19-11-20(27(3)26-19)29-18-10-15(12-23)6-7-17(18)21-24-13-16(8-9-22)14-25-21/h6-7,10-11,13-14H,4-5,8-9,22H2,1-3H3. The quantitative estimate of drug-likeness (QED) is 0.629. The third kappa shape index (κ3) is 4.52. The molecule has 8 heteroatoms. The predicted molar refractivity (Wildman–Crippen MR) is 112 cm³/mol. The van der Waals surface area contributed by atoms with Gasteiger partial charge in [-0.3, -0.25) is 0 Å². The van der Waals surface area contributed by atoms with Crippen LogP contribution in [0.4, 0.5) is 5.82 Å². The molecule has 8 nitrogen and oxygen atoms in total. The third-order valence-electron chi connectivity index (χ3n) is 4.62. The molecule has 1 aromatic carbocycles. The van der Waals surface area contributed by atoms with Crippen molar-refractivity contribution < 1.29 is 4.74 Å². The molecule has 2 N–H and O–H groups in total. The molecule has 2 aromatic heterocycles. The third-order valence-corrected chi connectivity index (χ3v) is 4.62. The van der Waals surface area contributed by atoms with Crippen LogP contribution >= 0.6 is 0 Å². The lowest BCUT2D eigenvalue weighted by Crippen LogP contribution is -2.22. The van der Waals surface area contributed by atoms with Crippen molar-refractivity contribution in [3.63, 3.8) is 0 Å². The maximum atomic E-state index is 9.31. The summed E-state index contributed by atoms with van der Waals surface area (Å²) in [6.45, 7) is 6.41. The van der Waals surface area contributed by atoms with E-state index in [9.17, 15) is 5.26 Å². The summed E-state index contributed by atoms with van der Waals surface area (Å²) in [7, 11) is 1.83. The van der Waals surface area contributed by atoms with Crippen molar-refractivity contribution in [2.24, 2.45) is 12.8 Å². The second-order valence-corrected chi connectivity index (χ2v) is 6.52. The number of aryl methyl sites for hydroxylation is 1. The highest BCUT2D eigenvalue weighted by atomic mass is 16.5. The lowest BCUT2D eigenvalue weighted by atomic mass is 10.1. The number of nitriles is 1. The fraction of sp³-hybridized carbons (Fsp3) is 0.333. The average molecular weight is 391 g/mol. The molecule has 2 heterocycles. The smallest absolute Gasteiger partial charge is 0.219 e. The molecule has 0 amide bonds. The lowest BCUT2D eigenvalue weighted by molar-refractivity contribution is 0.432. The van der Waals surface area contributed by atoms with Crippen molar-refractivity contribution in [3.05, 3.63) is 47.8 Å². The monoisotopic (exact) mass is 391 g/mol. The SMILES string of the molecule is CCN(CC)c1cc(Oc2cc(C#N)ccc2-c2ncc(CCN)cn2)n(C)n1. The Bertz CT molecular complexity index is 1000. The van der Waals surface area contributed by atoms with Gasteiger partial charge in [0.25, 0.3) is 0 Å². The zero-order valence-electron chi connectivity index (χ0n) is 17.0. The second kappa shape index (κ2) is 9.17. The number of anilines is 1. The van der Waals surface area contributed by atoms with Crippen LogP contribution in [0.2, 0.25) is 0 Å². The van der Waals surface area contributed by atoms with Gasteiger partial charge in [-0.15, -0.1) is 0 Å². The lowest BCUT2D eigenvalue weighted by Gasteiger charge is -2.16. The minimum Gasteiger partial charge on any atom is -0.438 e. The first-order valence-corrected chi connectivity index (χ1v) is 9.61. The molecular weight excluding hydrogens is 366 g/mol. The first kappa shape index (κ1) is 20.3. The number of rotatable bonds is 8. The molecule has 0 saturated heterocycles. The van der Waals surface area contributed by atoms with Gasteiger partial charge in [0.15, 0.2) is 11.6 Å². The van der Waals surface area contributed by atoms with Crippen LogP contribution in [-0.2, 0) is 13.5 Å². The highest BCUT2D eigenvalue weighted by molar-refractivity contribution is 5.66. The molecule has 0 aliphatic heterocycles. The molecule has 150 valence electrons. The van der Waals surface area contributed by atoms with Crippen LogP contribution in [0.25, 0.3) is 11.4 Å². The Morgan fingerprint density at radius 3 is 2.52 bits per heavy atom. The Morgan fingerprint density at radius 2 is 1.90 bits per heavy atom. The first-order valence-electron chi connectivity index (χ1n) is 9.61. The van der Waals surface area contributed by atoms with Crippen molar-refractivity contribution in [3.8, 4) is 29.1 Å². The van der Waals surface area contributed by atoms with Crippen LogP contribution in [0.1, 0.15) is 25.0 Å². The van der Waals surface area contributed by atoms with Gasteiger partial charge in [0, 0.05) is 38.6 Å². The topological polar surface area (TPSA) is 106 Å². The summed E-state index contributed by atoms with van der Waals surface area (Å²) >= 11 is 0. The number of nitrogens with zero attached hydrogens (tertiary/aromatic N) is 6.